The van der Waals surface area contributed by atoms with E-state index in [-0.39, 0.29) is 18.4 Å². The number of carbonyl (C=O) groups excluding carboxylic acids is 2. The number of nitrogens with zero attached hydrogens (tertiary/aromatic N) is 1. The van der Waals surface area contributed by atoms with E-state index in [9.17, 15) is 9.59 Å². The molecule has 0 aliphatic carbocycles. The van der Waals surface area contributed by atoms with Crippen molar-refractivity contribution in [1.82, 2.24) is 5.32 Å². The van der Waals surface area contributed by atoms with Gasteiger partial charge in [-0.15, -0.1) is 0 Å². The zero-order valence-corrected chi connectivity index (χ0v) is 13.7. The first-order valence-corrected chi connectivity index (χ1v) is 8.00. The highest BCUT2D eigenvalue weighted by Crippen LogP contribution is 2.35. The lowest BCUT2D eigenvalue weighted by molar-refractivity contribution is -0.130. The van der Waals surface area contributed by atoms with Crippen molar-refractivity contribution in [3.63, 3.8) is 0 Å². The Morgan fingerprint density at radius 2 is 2.08 bits per heavy atom. The number of hydrogen-bond acceptors (Lipinski definition) is 4. The first kappa shape index (κ1) is 16.1. The van der Waals surface area contributed by atoms with Gasteiger partial charge in [-0.1, -0.05) is 19.1 Å². The third-order valence-electron chi connectivity index (χ3n) is 4.06. The largest absolute Gasteiger partial charge is 0.478 e. The number of carbonyl (C=O) groups is 2. The topological polar surface area (TPSA) is 71.8 Å². The molecule has 24 heavy (non-hydrogen) atoms. The normalized spacial score (nSPS) is 17.8. The van der Waals surface area contributed by atoms with Gasteiger partial charge in [-0.05, 0) is 37.6 Å². The fourth-order valence-electron chi connectivity index (χ4n) is 2.74. The van der Waals surface area contributed by atoms with Gasteiger partial charge in [-0.2, -0.15) is 0 Å². The Morgan fingerprint density at radius 1 is 1.29 bits per heavy atom. The maximum Gasteiger partial charge on any atom is 0.268 e. The quantitative estimate of drug-likeness (QED) is 0.915. The summed E-state index contributed by atoms with van der Waals surface area (Å²) in [6.07, 6.45) is 1.53. The Morgan fingerprint density at radius 3 is 2.79 bits per heavy atom. The van der Waals surface area contributed by atoms with Crippen molar-refractivity contribution in [2.24, 2.45) is 0 Å². The summed E-state index contributed by atoms with van der Waals surface area (Å²) >= 11 is 0. The molecule has 6 nitrogen and oxygen atoms in total. The molecule has 2 aromatic rings. The summed E-state index contributed by atoms with van der Waals surface area (Å²) in [5.74, 6) is 0.841. The molecule has 2 unspecified atom stereocenters. The van der Waals surface area contributed by atoms with Gasteiger partial charge < -0.3 is 14.5 Å². The zero-order chi connectivity index (χ0) is 17.1. The first-order chi connectivity index (χ1) is 11.6. The van der Waals surface area contributed by atoms with Gasteiger partial charge in [0, 0.05) is 0 Å². The van der Waals surface area contributed by atoms with Crippen molar-refractivity contribution >= 4 is 17.5 Å². The number of anilines is 1. The van der Waals surface area contributed by atoms with E-state index in [1.165, 1.54) is 4.90 Å². The average molecular weight is 328 g/mol. The lowest BCUT2D eigenvalue weighted by Crippen LogP contribution is -2.54. The van der Waals surface area contributed by atoms with Crippen LogP contribution in [0.4, 0.5) is 5.69 Å². The van der Waals surface area contributed by atoms with Crippen LogP contribution in [0.15, 0.2) is 47.1 Å². The molecule has 0 spiro atoms. The predicted octanol–water partition coefficient (Wildman–Crippen LogP) is 2.49. The van der Waals surface area contributed by atoms with E-state index in [2.05, 4.69) is 5.32 Å². The van der Waals surface area contributed by atoms with Crippen LogP contribution in [-0.4, -0.2) is 24.0 Å². The maximum absolute atomic E-state index is 12.7. The summed E-state index contributed by atoms with van der Waals surface area (Å²) < 4.78 is 10.9. The second kappa shape index (κ2) is 6.78. The van der Waals surface area contributed by atoms with Crippen LogP contribution in [0, 0.1) is 0 Å². The molecule has 0 bridgehead atoms. The number of benzene rings is 1. The SMILES string of the molecule is CCC1Oc2ccccc2N(C(C)C(=O)NCc2ccco2)C1=O. The number of rotatable bonds is 5. The number of nitrogens with one attached hydrogen (secondary N) is 1. The molecule has 1 N–H and O–H groups in total. The number of hydrogen-bond donors (Lipinski definition) is 1. The van der Waals surface area contributed by atoms with E-state index in [1.807, 2.05) is 25.1 Å². The molecule has 2 heterocycles. The average Bonchev–Trinajstić information content (AvgIpc) is 3.12. The van der Waals surface area contributed by atoms with Crippen LogP contribution in [0.1, 0.15) is 26.0 Å². The number of amides is 2. The Balaban J connectivity index is 1.80. The Bertz CT molecular complexity index is 726. The molecule has 1 aromatic heterocycles. The molecule has 0 fully saturated rings. The fraction of sp³-hybridized carbons (Fsp3) is 0.333. The lowest BCUT2D eigenvalue weighted by atomic mass is 10.1. The van der Waals surface area contributed by atoms with Gasteiger partial charge in [0.1, 0.15) is 17.6 Å². The zero-order valence-electron chi connectivity index (χ0n) is 13.7. The number of para-hydroxylation sites is 2. The molecule has 1 aromatic carbocycles. The molecule has 1 aliphatic rings. The third-order valence-corrected chi connectivity index (χ3v) is 4.06. The molecular weight excluding hydrogens is 308 g/mol. The molecule has 2 atom stereocenters. The van der Waals surface area contributed by atoms with Gasteiger partial charge in [0.25, 0.3) is 5.91 Å². The lowest BCUT2D eigenvalue weighted by Gasteiger charge is -2.37. The number of furan rings is 1. The van der Waals surface area contributed by atoms with Crippen LogP contribution >= 0.6 is 0 Å². The summed E-state index contributed by atoms with van der Waals surface area (Å²) in [5, 5.41) is 2.80. The van der Waals surface area contributed by atoms with E-state index < -0.39 is 12.1 Å². The summed E-state index contributed by atoms with van der Waals surface area (Å²) in [6, 6.07) is 10.2. The van der Waals surface area contributed by atoms with Crippen LogP contribution in [0.3, 0.4) is 0 Å². The highest BCUT2D eigenvalue weighted by Gasteiger charge is 2.38. The molecule has 126 valence electrons. The Hall–Kier alpha value is -2.76. The highest BCUT2D eigenvalue weighted by molar-refractivity contribution is 6.05. The Kier molecular flexibility index (Phi) is 4.55. The second-order valence-corrected chi connectivity index (χ2v) is 5.66. The molecule has 6 heteroatoms. The third kappa shape index (κ3) is 2.99. The van der Waals surface area contributed by atoms with E-state index >= 15 is 0 Å². The minimum atomic E-state index is -0.647. The van der Waals surface area contributed by atoms with Crippen molar-refractivity contribution in [3.8, 4) is 5.75 Å². The molecule has 3 rings (SSSR count). The highest BCUT2D eigenvalue weighted by atomic mass is 16.5. The van der Waals surface area contributed by atoms with Crippen molar-refractivity contribution in [2.45, 2.75) is 39.0 Å². The van der Waals surface area contributed by atoms with Crippen molar-refractivity contribution in [1.29, 1.82) is 0 Å². The minimum Gasteiger partial charge on any atom is -0.478 e. The van der Waals surface area contributed by atoms with Crippen LogP contribution in [0.2, 0.25) is 0 Å². The Labute approximate surface area is 140 Å². The van der Waals surface area contributed by atoms with E-state index in [0.717, 1.165) is 0 Å². The van der Waals surface area contributed by atoms with E-state index in [0.29, 0.717) is 23.6 Å². The number of ether oxygens (including phenoxy) is 1. The summed E-state index contributed by atoms with van der Waals surface area (Å²) in [7, 11) is 0. The molecule has 0 radical (unpaired) electrons. The molecule has 2 amide bonds. The maximum atomic E-state index is 12.7. The van der Waals surface area contributed by atoms with Gasteiger partial charge in [-0.3, -0.25) is 14.5 Å². The standard InChI is InChI=1S/C18H20N2O4/c1-3-15-18(22)20(14-8-4-5-9-16(14)24-15)12(2)17(21)19-11-13-7-6-10-23-13/h4-10,12,15H,3,11H2,1-2H3,(H,19,21). The summed E-state index contributed by atoms with van der Waals surface area (Å²) in [5.41, 5.74) is 0.618. The van der Waals surface area contributed by atoms with Gasteiger partial charge >= 0.3 is 0 Å². The van der Waals surface area contributed by atoms with Gasteiger partial charge in [0.2, 0.25) is 5.91 Å². The van der Waals surface area contributed by atoms with Gasteiger partial charge in [-0.25, -0.2) is 0 Å². The fourth-order valence-corrected chi connectivity index (χ4v) is 2.74. The second-order valence-electron chi connectivity index (χ2n) is 5.66. The van der Waals surface area contributed by atoms with Crippen molar-refractivity contribution in [3.05, 3.63) is 48.4 Å². The minimum absolute atomic E-state index is 0.197. The van der Waals surface area contributed by atoms with Crippen molar-refractivity contribution in [2.75, 3.05) is 4.90 Å². The van der Waals surface area contributed by atoms with Gasteiger partial charge in [0.05, 0.1) is 18.5 Å². The summed E-state index contributed by atoms with van der Waals surface area (Å²) in [6.45, 7) is 3.88. The van der Waals surface area contributed by atoms with Crippen LogP contribution < -0.4 is 15.0 Å². The molecule has 0 saturated carbocycles. The van der Waals surface area contributed by atoms with Gasteiger partial charge in [0.15, 0.2) is 6.10 Å². The van der Waals surface area contributed by atoms with Crippen molar-refractivity contribution < 1.29 is 18.7 Å². The smallest absolute Gasteiger partial charge is 0.268 e. The molecule has 1 aliphatic heterocycles. The van der Waals surface area contributed by atoms with Crippen LogP contribution in [0.25, 0.3) is 0 Å². The molecular formula is C18H20N2O4. The van der Waals surface area contributed by atoms with E-state index in [4.69, 9.17) is 9.15 Å². The first-order valence-electron chi connectivity index (χ1n) is 8.00. The van der Waals surface area contributed by atoms with Crippen LogP contribution in [0.5, 0.6) is 5.75 Å². The summed E-state index contributed by atoms with van der Waals surface area (Å²) in [4.78, 5) is 26.7. The number of fused-ring (bicyclic) bond motifs is 1. The van der Waals surface area contributed by atoms with E-state index in [1.54, 1.807) is 31.4 Å². The predicted molar refractivity (Wildman–Crippen MR) is 88.7 cm³/mol. The van der Waals surface area contributed by atoms with Crippen LogP contribution in [-0.2, 0) is 16.1 Å². The molecule has 0 saturated heterocycles. The monoisotopic (exact) mass is 328 g/mol.